The Morgan fingerprint density at radius 3 is 2.07 bits per heavy atom. The molecule has 1 fully saturated rings. The number of hydrogen-bond acceptors (Lipinski definition) is 1. The van der Waals surface area contributed by atoms with E-state index in [1.165, 1.54) is 47.1 Å². The van der Waals surface area contributed by atoms with Crippen LogP contribution < -0.4 is 17.0 Å². The maximum Gasteiger partial charge on any atom is 0.194 e. The van der Waals surface area contributed by atoms with Gasteiger partial charge in [-0.3, -0.25) is 4.79 Å². The molecule has 1 atom stereocenters. The first kappa shape index (κ1) is 24.8. The Balaban J connectivity index is 0.00000320. The normalized spacial score (nSPS) is 16.5. The highest BCUT2D eigenvalue weighted by Crippen LogP contribution is 2.31. The van der Waals surface area contributed by atoms with Crippen molar-refractivity contribution in [1.82, 2.24) is 0 Å². The summed E-state index contributed by atoms with van der Waals surface area (Å²) in [5.41, 5.74) is 6.60. The van der Waals surface area contributed by atoms with Crippen LogP contribution in [0.3, 0.4) is 0 Å². The molecule has 0 saturated carbocycles. The summed E-state index contributed by atoms with van der Waals surface area (Å²) in [6.07, 6.45) is 6.34. The summed E-state index contributed by atoms with van der Waals surface area (Å²) in [6, 6.07) is 15.3. The van der Waals surface area contributed by atoms with Gasteiger partial charge >= 0.3 is 0 Å². The number of aryl methyl sites for hydroxylation is 3. The number of benzene rings is 2. The number of piperidine rings is 1. The summed E-state index contributed by atoms with van der Waals surface area (Å²) >= 11 is 0. The van der Waals surface area contributed by atoms with Crippen molar-refractivity contribution in [2.75, 3.05) is 13.1 Å². The largest absolute Gasteiger partial charge is 1.00 e. The molecule has 1 saturated heterocycles. The quantitative estimate of drug-likeness (QED) is 0.540. The Kier molecular flexibility index (Phi) is 9.31. The van der Waals surface area contributed by atoms with Gasteiger partial charge in [-0.1, -0.05) is 56.3 Å². The third-order valence-electron chi connectivity index (χ3n) is 7.11. The molecular weight excluding hydrogens is 434 g/mol. The minimum absolute atomic E-state index is 0. The Morgan fingerprint density at radius 1 is 0.900 bits per heavy atom. The van der Waals surface area contributed by atoms with Gasteiger partial charge in [-0.15, -0.1) is 0 Å². The molecule has 1 aliphatic heterocycles. The lowest BCUT2D eigenvalue weighted by atomic mass is 9.90. The number of nitrogens with zero attached hydrogens (tertiary/aromatic N) is 1. The first-order chi connectivity index (χ1) is 14.0. The Morgan fingerprint density at radius 2 is 1.50 bits per heavy atom. The molecule has 2 aromatic carbocycles. The number of carbonyl (C=O) groups excluding carboxylic acids is 1. The third kappa shape index (κ3) is 5.42. The van der Waals surface area contributed by atoms with Gasteiger partial charge in [0.1, 0.15) is 12.6 Å². The van der Waals surface area contributed by atoms with E-state index in [4.69, 9.17) is 0 Å². The molecule has 1 heterocycles. The number of likely N-dealkylation sites (tertiary alicyclic amines) is 1. The fourth-order valence-electron chi connectivity index (χ4n) is 5.46. The van der Waals surface area contributed by atoms with E-state index in [-0.39, 0.29) is 23.0 Å². The number of rotatable bonds is 8. The second-order valence-corrected chi connectivity index (χ2v) is 8.94. The summed E-state index contributed by atoms with van der Waals surface area (Å²) in [7, 11) is 0. The lowest BCUT2D eigenvalue weighted by Crippen LogP contribution is -3.00. The van der Waals surface area contributed by atoms with Crippen molar-refractivity contribution in [2.45, 2.75) is 78.8 Å². The molecule has 2 nitrogen and oxygen atoms in total. The van der Waals surface area contributed by atoms with Crippen molar-refractivity contribution in [3.63, 3.8) is 0 Å². The van der Waals surface area contributed by atoms with E-state index in [1.54, 1.807) is 0 Å². The van der Waals surface area contributed by atoms with Crippen molar-refractivity contribution in [3.05, 3.63) is 70.3 Å². The van der Waals surface area contributed by atoms with Gasteiger partial charge in [-0.25, -0.2) is 0 Å². The fourth-order valence-corrected chi connectivity index (χ4v) is 5.46. The number of halogens is 1. The predicted molar refractivity (Wildman–Crippen MR) is 122 cm³/mol. The second-order valence-electron chi connectivity index (χ2n) is 8.94. The van der Waals surface area contributed by atoms with Gasteiger partial charge in [-0.05, 0) is 61.8 Å². The Labute approximate surface area is 194 Å². The molecule has 3 rings (SSSR count). The molecule has 0 N–H and O–H groups in total. The van der Waals surface area contributed by atoms with E-state index >= 15 is 0 Å². The van der Waals surface area contributed by atoms with Crippen LogP contribution >= 0.6 is 0 Å². The maximum atomic E-state index is 13.7. The molecule has 1 aliphatic rings. The molecule has 0 aromatic heterocycles. The number of carbonyl (C=O) groups is 1. The number of ketones is 1. The van der Waals surface area contributed by atoms with Gasteiger partial charge in [-0.2, -0.15) is 0 Å². The second kappa shape index (κ2) is 11.2. The summed E-state index contributed by atoms with van der Waals surface area (Å²) in [5.74, 6) is 0.431. The van der Waals surface area contributed by atoms with Crippen LogP contribution in [0.25, 0.3) is 0 Å². The monoisotopic (exact) mass is 471 g/mol. The van der Waals surface area contributed by atoms with E-state index < -0.39 is 0 Å². The molecular formula is C27H38BrNO. The van der Waals surface area contributed by atoms with Crippen molar-refractivity contribution in [1.29, 1.82) is 0 Å². The van der Waals surface area contributed by atoms with Crippen LogP contribution in [0.5, 0.6) is 0 Å². The fraction of sp³-hybridized carbons (Fsp3) is 0.519. The van der Waals surface area contributed by atoms with Gasteiger partial charge in [0.15, 0.2) is 5.78 Å². The molecule has 1 unspecified atom stereocenters. The summed E-state index contributed by atoms with van der Waals surface area (Å²) in [6.45, 7) is 12.0. The minimum Gasteiger partial charge on any atom is -1.00 e. The molecule has 0 bridgehead atoms. The SMILES string of the molecule is CCc1ccccc1C[N+]1(C(CC)C(=O)Cc2c(C)cccc2C)CCCCC1.[Br-]. The first-order valence-corrected chi connectivity index (χ1v) is 11.5. The lowest BCUT2D eigenvalue weighted by Gasteiger charge is -2.47. The van der Waals surface area contributed by atoms with E-state index in [9.17, 15) is 4.79 Å². The van der Waals surface area contributed by atoms with Crippen LogP contribution in [0.15, 0.2) is 42.5 Å². The van der Waals surface area contributed by atoms with Crippen LogP contribution in [0.1, 0.15) is 67.3 Å². The molecule has 0 spiro atoms. The Hall–Kier alpha value is -1.45. The highest BCUT2D eigenvalue weighted by molar-refractivity contribution is 5.85. The molecule has 0 radical (unpaired) electrons. The topological polar surface area (TPSA) is 17.1 Å². The van der Waals surface area contributed by atoms with Gasteiger partial charge < -0.3 is 21.5 Å². The van der Waals surface area contributed by atoms with E-state index in [2.05, 4.69) is 70.2 Å². The molecule has 164 valence electrons. The molecule has 0 aliphatic carbocycles. The highest BCUT2D eigenvalue weighted by Gasteiger charge is 2.41. The zero-order valence-corrected chi connectivity index (χ0v) is 20.8. The molecule has 30 heavy (non-hydrogen) atoms. The maximum absolute atomic E-state index is 13.7. The molecule has 2 aromatic rings. The highest BCUT2D eigenvalue weighted by atomic mass is 79.9. The van der Waals surface area contributed by atoms with Crippen molar-refractivity contribution in [2.24, 2.45) is 0 Å². The lowest BCUT2D eigenvalue weighted by molar-refractivity contribution is -0.959. The van der Waals surface area contributed by atoms with Crippen molar-refractivity contribution in [3.8, 4) is 0 Å². The Bertz CT molecular complexity index is 818. The number of hydrogen-bond donors (Lipinski definition) is 0. The van der Waals surface area contributed by atoms with Crippen LogP contribution in [-0.4, -0.2) is 29.4 Å². The number of quaternary nitrogens is 1. The average Bonchev–Trinajstić information content (AvgIpc) is 2.72. The van der Waals surface area contributed by atoms with Gasteiger partial charge in [0.25, 0.3) is 0 Å². The van der Waals surface area contributed by atoms with E-state index in [0.29, 0.717) is 12.2 Å². The summed E-state index contributed by atoms with van der Waals surface area (Å²) in [4.78, 5) is 13.7. The van der Waals surface area contributed by atoms with Gasteiger partial charge in [0, 0.05) is 18.4 Å². The standard InChI is InChI=1S/C27H38NO.BrH/c1-5-23-15-8-9-16-24(23)20-28(17-10-7-11-18-28)26(6-2)27(29)19-25-21(3)13-12-14-22(25)4;/h8-9,12-16,26H,5-7,10-11,17-20H2,1-4H3;1H/q+1;/p-1. The van der Waals surface area contributed by atoms with Crippen LogP contribution in [0.2, 0.25) is 0 Å². The zero-order valence-electron chi connectivity index (χ0n) is 19.2. The average molecular weight is 473 g/mol. The zero-order chi connectivity index (χ0) is 20.9. The van der Waals surface area contributed by atoms with Crippen molar-refractivity contribution < 1.29 is 26.3 Å². The van der Waals surface area contributed by atoms with E-state index in [1.807, 2.05) is 0 Å². The van der Waals surface area contributed by atoms with Crippen LogP contribution in [0.4, 0.5) is 0 Å². The van der Waals surface area contributed by atoms with Gasteiger partial charge in [0.2, 0.25) is 0 Å². The van der Waals surface area contributed by atoms with Crippen LogP contribution in [0, 0.1) is 13.8 Å². The van der Waals surface area contributed by atoms with Gasteiger partial charge in [0.05, 0.1) is 13.1 Å². The van der Waals surface area contributed by atoms with Crippen LogP contribution in [-0.2, 0) is 24.2 Å². The third-order valence-corrected chi connectivity index (χ3v) is 7.11. The minimum atomic E-state index is 0. The molecule has 0 amide bonds. The predicted octanol–water partition coefficient (Wildman–Crippen LogP) is 2.96. The number of Topliss-reactive ketones (excluding diaryl/α,β-unsaturated/α-hetero) is 1. The summed E-state index contributed by atoms with van der Waals surface area (Å²) < 4.78 is 0.956. The first-order valence-electron chi connectivity index (χ1n) is 11.5. The van der Waals surface area contributed by atoms with Crippen molar-refractivity contribution >= 4 is 5.78 Å². The summed E-state index contributed by atoms with van der Waals surface area (Å²) in [5, 5.41) is 0. The molecule has 3 heteroatoms. The van der Waals surface area contributed by atoms with E-state index in [0.717, 1.165) is 37.0 Å². The smallest absolute Gasteiger partial charge is 0.194 e.